The van der Waals surface area contributed by atoms with E-state index in [4.69, 9.17) is 10.5 Å². The van der Waals surface area contributed by atoms with Gasteiger partial charge in [0.15, 0.2) is 11.6 Å². The summed E-state index contributed by atoms with van der Waals surface area (Å²) >= 11 is 0. The molecule has 3 aromatic carbocycles. The molecule has 2 heterocycles. The summed E-state index contributed by atoms with van der Waals surface area (Å²) in [6, 6.07) is 13.5. The van der Waals surface area contributed by atoms with Gasteiger partial charge in [-0.3, -0.25) is 9.69 Å². The number of likely N-dealkylation sites (tertiary alicyclic amines) is 1. The molecule has 0 aliphatic carbocycles. The van der Waals surface area contributed by atoms with E-state index in [1.807, 2.05) is 17.0 Å². The highest BCUT2D eigenvalue weighted by Crippen LogP contribution is 2.35. The standard InChI is InChI=1S/C30H31F4N3O2.2ClH/c31-25-6-5-23(15-27(25)33)39-22-3-1-19(2-4-22)18-36-11-7-20(8-12-36)24-16-29(28(34)17-26(24)32)37-13-9-21(10-14-37)30(35)38;;/h1-6,15-17,20-21H,7-14,18H2,(H2,35,38);2*1H. The predicted octanol–water partition coefficient (Wildman–Crippen LogP) is 6.96. The van der Waals surface area contributed by atoms with Crippen molar-refractivity contribution in [3.63, 3.8) is 0 Å². The molecule has 2 aliphatic rings. The smallest absolute Gasteiger partial charge is 0.220 e. The van der Waals surface area contributed by atoms with Gasteiger partial charge in [-0.05, 0) is 86.1 Å². The highest BCUT2D eigenvalue weighted by atomic mass is 35.5. The number of amides is 1. The van der Waals surface area contributed by atoms with Gasteiger partial charge in [-0.25, -0.2) is 17.6 Å². The van der Waals surface area contributed by atoms with Gasteiger partial charge in [0, 0.05) is 37.7 Å². The van der Waals surface area contributed by atoms with Crippen molar-refractivity contribution < 1.29 is 27.1 Å². The van der Waals surface area contributed by atoms with Crippen molar-refractivity contribution in [1.82, 2.24) is 4.90 Å². The van der Waals surface area contributed by atoms with Crippen LogP contribution in [0.4, 0.5) is 23.2 Å². The second kappa shape index (κ2) is 14.2. The Morgan fingerprint density at radius 3 is 2.00 bits per heavy atom. The molecule has 2 saturated heterocycles. The molecule has 0 saturated carbocycles. The molecule has 0 spiro atoms. The molecule has 0 radical (unpaired) electrons. The van der Waals surface area contributed by atoms with Gasteiger partial charge in [0.2, 0.25) is 5.91 Å². The summed E-state index contributed by atoms with van der Waals surface area (Å²) in [5, 5.41) is 0. The Labute approximate surface area is 249 Å². The molecule has 41 heavy (non-hydrogen) atoms. The minimum Gasteiger partial charge on any atom is -0.457 e. The average molecular weight is 615 g/mol. The second-order valence-electron chi connectivity index (χ2n) is 10.4. The van der Waals surface area contributed by atoms with E-state index in [2.05, 4.69) is 4.90 Å². The number of hydrogen-bond acceptors (Lipinski definition) is 4. The zero-order valence-electron chi connectivity index (χ0n) is 22.3. The molecule has 0 bridgehead atoms. The van der Waals surface area contributed by atoms with Gasteiger partial charge in [0.25, 0.3) is 0 Å². The van der Waals surface area contributed by atoms with Gasteiger partial charge in [0.1, 0.15) is 23.1 Å². The summed E-state index contributed by atoms with van der Waals surface area (Å²) in [4.78, 5) is 15.6. The predicted molar refractivity (Wildman–Crippen MR) is 155 cm³/mol. The molecule has 1 amide bonds. The Morgan fingerprint density at radius 1 is 0.756 bits per heavy atom. The van der Waals surface area contributed by atoms with Gasteiger partial charge in [-0.1, -0.05) is 12.1 Å². The molecular weight excluding hydrogens is 581 g/mol. The Hall–Kier alpha value is -3.01. The summed E-state index contributed by atoms with van der Waals surface area (Å²) in [7, 11) is 0. The molecule has 3 aromatic rings. The Balaban J connectivity index is 0.00000231. The van der Waals surface area contributed by atoms with E-state index in [0.29, 0.717) is 49.5 Å². The first-order chi connectivity index (χ1) is 18.8. The normalized spacial score (nSPS) is 16.5. The number of carbonyl (C=O) groups is 1. The summed E-state index contributed by atoms with van der Waals surface area (Å²) in [6.07, 6.45) is 2.64. The van der Waals surface area contributed by atoms with E-state index in [1.165, 1.54) is 6.07 Å². The van der Waals surface area contributed by atoms with E-state index in [-0.39, 0.29) is 48.3 Å². The number of carbonyl (C=O) groups excluding carboxylic acids is 1. The van der Waals surface area contributed by atoms with Crippen molar-refractivity contribution in [3.8, 4) is 11.5 Å². The van der Waals surface area contributed by atoms with E-state index in [9.17, 15) is 22.4 Å². The molecule has 222 valence electrons. The lowest BCUT2D eigenvalue weighted by Crippen LogP contribution is -2.39. The number of hydrogen-bond donors (Lipinski definition) is 1. The van der Waals surface area contributed by atoms with Crippen LogP contribution in [-0.2, 0) is 11.3 Å². The lowest BCUT2D eigenvalue weighted by Gasteiger charge is -2.35. The van der Waals surface area contributed by atoms with Crippen LogP contribution in [0.25, 0.3) is 0 Å². The number of nitrogens with zero attached hydrogens (tertiary/aromatic N) is 2. The number of rotatable bonds is 7. The first-order valence-electron chi connectivity index (χ1n) is 13.2. The maximum absolute atomic E-state index is 14.8. The summed E-state index contributed by atoms with van der Waals surface area (Å²) in [6.45, 7) is 3.28. The topological polar surface area (TPSA) is 58.8 Å². The number of primary amides is 1. The van der Waals surface area contributed by atoms with Crippen LogP contribution < -0.4 is 15.4 Å². The van der Waals surface area contributed by atoms with Crippen LogP contribution >= 0.6 is 24.8 Å². The third-order valence-electron chi connectivity index (χ3n) is 7.79. The van der Waals surface area contributed by atoms with E-state index >= 15 is 0 Å². The highest BCUT2D eigenvalue weighted by molar-refractivity contribution is 5.85. The lowest BCUT2D eigenvalue weighted by molar-refractivity contribution is -0.122. The Morgan fingerprint density at radius 2 is 1.39 bits per heavy atom. The molecular formula is C30H33Cl2F4N3O2. The third kappa shape index (κ3) is 7.84. The third-order valence-corrected chi connectivity index (χ3v) is 7.79. The minimum atomic E-state index is -0.964. The second-order valence-corrected chi connectivity index (χ2v) is 10.4. The number of anilines is 1. The Kier molecular flexibility index (Phi) is 11.3. The van der Waals surface area contributed by atoms with Crippen molar-refractivity contribution in [2.45, 2.75) is 38.1 Å². The fraction of sp³-hybridized carbons (Fsp3) is 0.367. The minimum absolute atomic E-state index is 0. The summed E-state index contributed by atoms with van der Waals surface area (Å²) < 4.78 is 61.7. The number of piperidine rings is 2. The van der Waals surface area contributed by atoms with Crippen LogP contribution in [0.15, 0.2) is 54.6 Å². The lowest BCUT2D eigenvalue weighted by atomic mass is 9.88. The maximum Gasteiger partial charge on any atom is 0.220 e. The largest absolute Gasteiger partial charge is 0.457 e. The molecule has 0 atom stereocenters. The molecule has 2 N–H and O–H groups in total. The van der Waals surface area contributed by atoms with Gasteiger partial charge in [-0.2, -0.15) is 0 Å². The summed E-state index contributed by atoms with van der Waals surface area (Å²) in [5.74, 6) is -2.78. The van der Waals surface area contributed by atoms with Crippen LogP contribution in [-0.4, -0.2) is 37.0 Å². The van der Waals surface area contributed by atoms with E-state index in [0.717, 1.165) is 49.7 Å². The molecule has 11 heteroatoms. The molecule has 2 fully saturated rings. The quantitative estimate of drug-likeness (QED) is 0.293. The van der Waals surface area contributed by atoms with Crippen molar-refractivity contribution in [2.24, 2.45) is 11.7 Å². The van der Waals surface area contributed by atoms with Crippen molar-refractivity contribution in [2.75, 3.05) is 31.1 Å². The molecule has 0 unspecified atom stereocenters. The molecule has 5 rings (SSSR count). The van der Waals surface area contributed by atoms with Crippen molar-refractivity contribution in [1.29, 1.82) is 0 Å². The van der Waals surface area contributed by atoms with Crippen molar-refractivity contribution in [3.05, 3.63) is 89.0 Å². The summed E-state index contributed by atoms with van der Waals surface area (Å²) in [5.41, 5.74) is 7.42. The fourth-order valence-corrected chi connectivity index (χ4v) is 5.51. The zero-order valence-corrected chi connectivity index (χ0v) is 24.0. The monoisotopic (exact) mass is 613 g/mol. The Bertz CT molecular complexity index is 1330. The van der Waals surface area contributed by atoms with Gasteiger partial charge < -0.3 is 15.4 Å². The van der Waals surface area contributed by atoms with Crippen LogP contribution in [0.5, 0.6) is 11.5 Å². The van der Waals surface area contributed by atoms with Gasteiger partial charge in [0.05, 0.1) is 5.69 Å². The van der Waals surface area contributed by atoms with Gasteiger partial charge >= 0.3 is 0 Å². The first kappa shape index (κ1) is 32.5. The van der Waals surface area contributed by atoms with Crippen LogP contribution in [0.1, 0.15) is 42.7 Å². The van der Waals surface area contributed by atoms with Crippen LogP contribution in [0, 0.1) is 29.2 Å². The number of ether oxygens (including phenoxy) is 1. The molecule has 5 nitrogen and oxygen atoms in total. The number of halogens is 6. The zero-order chi connectivity index (χ0) is 27.5. The SMILES string of the molecule is Cl.Cl.NC(=O)C1CCN(c2cc(C3CCN(Cc4ccc(Oc5ccc(F)c(F)c5)cc4)CC3)c(F)cc2F)CC1. The van der Waals surface area contributed by atoms with E-state index in [1.54, 1.807) is 18.2 Å². The first-order valence-corrected chi connectivity index (χ1v) is 13.2. The van der Waals surface area contributed by atoms with Crippen molar-refractivity contribution >= 4 is 36.4 Å². The van der Waals surface area contributed by atoms with E-state index < -0.39 is 23.3 Å². The molecule has 2 aliphatic heterocycles. The maximum atomic E-state index is 14.8. The molecule has 0 aromatic heterocycles. The van der Waals surface area contributed by atoms with Gasteiger partial charge in [-0.15, -0.1) is 24.8 Å². The fourth-order valence-electron chi connectivity index (χ4n) is 5.51. The number of benzene rings is 3. The van der Waals surface area contributed by atoms with Crippen LogP contribution in [0.2, 0.25) is 0 Å². The number of nitrogens with two attached hydrogens (primary N) is 1. The van der Waals surface area contributed by atoms with Crippen LogP contribution in [0.3, 0.4) is 0 Å². The average Bonchev–Trinajstić information content (AvgIpc) is 2.93. The highest BCUT2D eigenvalue weighted by Gasteiger charge is 2.28.